The van der Waals surface area contributed by atoms with Crippen molar-refractivity contribution in [2.24, 2.45) is 0 Å². The number of para-hydroxylation sites is 1. The number of ether oxygens (including phenoxy) is 1. The van der Waals surface area contributed by atoms with Gasteiger partial charge in [0.05, 0.1) is 0 Å². The highest BCUT2D eigenvalue weighted by atomic mass is 79.9. The van der Waals surface area contributed by atoms with Crippen molar-refractivity contribution >= 4 is 39.6 Å². The minimum atomic E-state index is -0.831. The molecule has 0 bridgehead atoms. The van der Waals surface area contributed by atoms with Crippen molar-refractivity contribution < 1.29 is 14.3 Å². The molecule has 1 aliphatic rings. The first-order valence-corrected chi connectivity index (χ1v) is 8.88. The van der Waals surface area contributed by atoms with Gasteiger partial charge in [-0.15, -0.1) is 0 Å². The minimum Gasteiger partial charge on any atom is -0.449 e. The molecule has 0 aliphatic carbocycles. The fraction of sp³-hybridized carbons (Fsp3) is 0.200. The quantitative estimate of drug-likeness (QED) is 0.576. The molecule has 2 aromatic carbocycles. The highest BCUT2D eigenvalue weighted by Crippen LogP contribution is 2.28. The third-order valence-corrected chi connectivity index (χ3v) is 4.82. The molecule has 0 saturated carbocycles. The van der Waals surface area contributed by atoms with Gasteiger partial charge in [-0.3, -0.25) is 4.79 Å². The average Bonchev–Trinajstić information content (AvgIpc) is 3.04. The Bertz CT molecular complexity index is 831. The van der Waals surface area contributed by atoms with E-state index in [1.54, 1.807) is 17.9 Å². The molecule has 0 aromatic heterocycles. The van der Waals surface area contributed by atoms with Crippen molar-refractivity contribution in [2.75, 3.05) is 11.4 Å². The monoisotopic (exact) mass is 399 g/mol. The van der Waals surface area contributed by atoms with E-state index in [1.807, 2.05) is 48.5 Å². The highest BCUT2D eigenvalue weighted by Gasteiger charge is 2.29. The van der Waals surface area contributed by atoms with Crippen LogP contribution < -0.4 is 4.90 Å². The van der Waals surface area contributed by atoms with Gasteiger partial charge in [-0.1, -0.05) is 52.3 Å². The molecule has 0 saturated heterocycles. The summed E-state index contributed by atoms with van der Waals surface area (Å²) in [4.78, 5) is 26.3. The lowest BCUT2D eigenvalue weighted by Gasteiger charge is -2.21. The summed E-state index contributed by atoms with van der Waals surface area (Å²) in [5.74, 6) is -0.739. The standard InChI is InChI=1S/C20H18BrNO3/c1-14(20(24)22-13-12-16-7-3-5-9-18(16)22)25-19(23)11-10-15-6-2-4-8-17(15)21/h2-11,14H,12-13H2,1H3/b11-10+/t14-/m0/s1. The molecule has 4 nitrogen and oxygen atoms in total. The predicted molar refractivity (Wildman–Crippen MR) is 101 cm³/mol. The van der Waals surface area contributed by atoms with E-state index in [0.29, 0.717) is 6.54 Å². The first-order chi connectivity index (χ1) is 12.1. The van der Waals surface area contributed by atoms with E-state index in [9.17, 15) is 9.59 Å². The summed E-state index contributed by atoms with van der Waals surface area (Å²) in [5, 5.41) is 0. The lowest BCUT2D eigenvalue weighted by atomic mass is 10.2. The Kier molecular flexibility index (Phi) is 5.34. The zero-order valence-electron chi connectivity index (χ0n) is 13.8. The second-order valence-electron chi connectivity index (χ2n) is 5.80. The minimum absolute atomic E-state index is 0.201. The van der Waals surface area contributed by atoms with Crippen molar-refractivity contribution in [1.82, 2.24) is 0 Å². The number of carbonyl (C=O) groups is 2. The number of halogens is 1. The summed E-state index contributed by atoms with van der Waals surface area (Å²) in [7, 11) is 0. The number of rotatable bonds is 4. The van der Waals surface area contributed by atoms with Gasteiger partial charge in [0, 0.05) is 22.8 Å². The molecule has 0 N–H and O–H groups in total. The van der Waals surface area contributed by atoms with Gasteiger partial charge in [0.15, 0.2) is 6.10 Å². The Labute approximate surface area is 155 Å². The first kappa shape index (κ1) is 17.4. The van der Waals surface area contributed by atoms with Crippen LogP contribution >= 0.6 is 15.9 Å². The lowest BCUT2D eigenvalue weighted by molar-refractivity contribution is -0.149. The van der Waals surface area contributed by atoms with Crippen molar-refractivity contribution in [1.29, 1.82) is 0 Å². The van der Waals surface area contributed by atoms with Gasteiger partial charge >= 0.3 is 5.97 Å². The molecule has 3 rings (SSSR count). The van der Waals surface area contributed by atoms with E-state index in [-0.39, 0.29) is 5.91 Å². The molecule has 25 heavy (non-hydrogen) atoms. The Morgan fingerprint density at radius 2 is 1.88 bits per heavy atom. The van der Waals surface area contributed by atoms with Crippen LogP contribution in [0.25, 0.3) is 6.08 Å². The van der Waals surface area contributed by atoms with Crippen LogP contribution in [0.2, 0.25) is 0 Å². The van der Waals surface area contributed by atoms with Gasteiger partial charge in [-0.2, -0.15) is 0 Å². The van der Waals surface area contributed by atoms with Crippen LogP contribution in [0.1, 0.15) is 18.1 Å². The molecule has 0 spiro atoms. The Morgan fingerprint density at radius 3 is 2.68 bits per heavy atom. The van der Waals surface area contributed by atoms with Crippen LogP contribution in [0.15, 0.2) is 59.1 Å². The molecule has 128 valence electrons. The molecule has 1 amide bonds. The Balaban J connectivity index is 1.62. The van der Waals surface area contributed by atoms with E-state index >= 15 is 0 Å². The van der Waals surface area contributed by atoms with E-state index in [2.05, 4.69) is 15.9 Å². The summed E-state index contributed by atoms with van der Waals surface area (Å²) in [6, 6.07) is 15.3. The number of hydrogen-bond donors (Lipinski definition) is 0. The third kappa shape index (κ3) is 3.99. The molecule has 0 fully saturated rings. The molecule has 1 aliphatic heterocycles. The average molecular weight is 400 g/mol. The molecule has 2 aromatic rings. The van der Waals surface area contributed by atoms with Gasteiger partial charge in [-0.05, 0) is 42.7 Å². The Hall–Kier alpha value is -2.40. The van der Waals surface area contributed by atoms with Gasteiger partial charge < -0.3 is 9.64 Å². The number of esters is 1. The summed E-state index contributed by atoms with van der Waals surface area (Å²) in [6.07, 6.45) is 2.99. The zero-order valence-corrected chi connectivity index (χ0v) is 15.4. The SMILES string of the molecule is C[C@H](OC(=O)/C=C/c1ccccc1Br)C(=O)N1CCc2ccccc21. The van der Waals surface area contributed by atoms with Crippen LogP contribution in [-0.4, -0.2) is 24.5 Å². The van der Waals surface area contributed by atoms with Crippen LogP contribution in [0.4, 0.5) is 5.69 Å². The molecule has 1 heterocycles. The number of nitrogens with zero attached hydrogens (tertiary/aromatic N) is 1. The predicted octanol–water partition coefficient (Wildman–Crippen LogP) is 3.98. The van der Waals surface area contributed by atoms with Crippen LogP contribution in [0.3, 0.4) is 0 Å². The van der Waals surface area contributed by atoms with Crippen molar-refractivity contribution in [3.63, 3.8) is 0 Å². The number of anilines is 1. The molecule has 5 heteroatoms. The van der Waals surface area contributed by atoms with Crippen molar-refractivity contribution in [3.8, 4) is 0 Å². The topological polar surface area (TPSA) is 46.6 Å². The normalized spacial score (nSPS) is 14.4. The van der Waals surface area contributed by atoms with Crippen LogP contribution in [-0.2, 0) is 20.7 Å². The first-order valence-electron chi connectivity index (χ1n) is 8.09. The van der Waals surface area contributed by atoms with E-state index in [4.69, 9.17) is 4.74 Å². The lowest BCUT2D eigenvalue weighted by Crippen LogP contribution is -2.38. The van der Waals surface area contributed by atoms with Crippen LogP contribution in [0.5, 0.6) is 0 Å². The summed E-state index contributed by atoms with van der Waals surface area (Å²) in [6.45, 7) is 2.22. The summed E-state index contributed by atoms with van der Waals surface area (Å²) in [5.41, 5.74) is 2.91. The van der Waals surface area contributed by atoms with Crippen molar-refractivity contribution in [3.05, 3.63) is 70.2 Å². The Morgan fingerprint density at radius 1 is 1.16 bits per heavy atom. The smallest absolute Gasteiger partial charge is 0.331 e. The van der Waals surface area contributed by atoms with E-state index in [1.165, 1.54) is 6.08 Å². The molecule has 1 atom stereocenters. The maximum Gasteiger partial charge on any atom is 0.331 e. The van der Waals surface area contributed by atoms with Crippen LogP contribution in [0, 0.1) is 0 Å². The molecular weight excluding hydrogens is 382 g/mol. The van der Waals surface area contributed by atoms with Gasteiger partial charge in [0.1, 0.15) is 0 Å². The molecular formula is C20H18BrNO3. The van der Waals surface area contributed by atoms with E-state index < -0.39 is 12.1 Å². The third-order valence-electron chi connectivity index (χ3n) is 4.10. The number of benzene rings is 2. The number of amides is 1. The van der Waals surface area contributed by atoms with Gasteiger partial charge in [0.25, 0.3) is 5.91 Å². The van der Waals surface area contributed by atoms with Gasteiger partial charge in [0.2, 0.25) is 0 Å². The summed E-state index contributed by atoms with van der Waals surface area (Å²) < 4.78 is 6.15. The fourth-order valence-electron chi connectivity index (χ4n) is 2.82. The molecule has 0 radical (unpaired) electrons. The number of hydrogen-bond acceptors (Lipinski definition) is 3. The zero-order chi connectivity index (χ0) is 17.8. The highest BCUT2D eigenvalue weighted by molar-refractivity contribution is 9.10. The van der Waals surface area contributed by atoms with Crippen molar-refractivity contribution in [2.45, 2.75) is 19.4 Å². The second kappa shape index (κ2) is 7.66. The van der Waals surface area contributed by atoms with E-state index in [0.717, 1.165) is 27.7 Å². The van der Waals surface area contributed by atoms with Gasteiger partial charge in [-0.25, -0.2) is 4.79 Å². The maximum atomic E-state index is 12.6. The largest absolute Gasteiger partial charge is 0.449 e. The molecule has 0 unspecified atom stereocenters. The second-order valence-corrected chi connectivity index (χ2v) is 6.66. The maximum absolute atomic E-state index is 12.6. The number of fused-ring (bicyclic) bond motifs is 1. The number of carbonyl (C=O) groups excluding carboxylic acids is 2. The summed E-state index contributed by atoms with van der Waals surface area (Å²) >= 11 is 3.42. The fourth-order valence-corrected chi connectivity index (χ4v) is 3.24.